The quantitative estimate of drug-likeness (QED) is 0.521. The van der Waals surface area contributed by atoms with E-state index in [2.05, 4.69) is 15.1 Å². The number of benzene rings is 2. The van der Waals surface area contributed by atoms with Gasteiger partial charge in [-0.3, -0.25) is 4.68 Å². The molecule has 0 bridgehead atoms. The monoisotopic (exact) mass is 373 g/mol. The van der Waals surface area contributed by atoms with Gasteiger partial charge < -0.3 is 9.67 Å². The summed E-state index contributed by atoms with van der Waals surface area (Å²) >= 11 is 0. The number of aromatic hydroxyl groups is 1. The highest BCUT2D eigenvalue weighted by Gasteiger charge is 2.12. The molecule has 3 aromatic heterocycles. The molecule has 0 aliphatic heterocycles. The molecule has 5 rings (SSSR count). The Kier molecular flexibility index (Phi) is 3.61. The zero-order valence-corrected chi connectivity index (χ0v) is 15.0. The summed E-state index contributed by atoms with van der Waals surface area (Å²) in [5, 5.41) is 16.2. The van der Waals surface area contributed by atoms with E-state index in [9.17, 15) is 9.50 Å². The molecule has 0 aliphatic rings. The number of aromatic nitrogens is 5. The van der Waals surface area contributed by atoms with Crippen molar-refractivity contribution >= 4 is 21.8 Å². The van der Waals surface area contributed by atoms with Crippen molar-refractivity contribution in [3.05, 3.63) is 72.7 Å². The molecule has 0 aliphatic carbocycles. The van der Waals surface area contributed by atoms with Gasteiger partial charge in [-0.2, -0.15) is 5.10 Å². The van der Waals surface area contributed by atoms with E-state index in [1.807, 2.05) is 37.5 Å². The lowest BCUT2D eigenvalue weighted by Crippen LogP contribution is -2.00. The van der Waals surface area contributed by atoms with Crippen LogP contribution in [0.15, 0.2) is 61.3 Å². The lowest BCUT2D eigenvalue weighted by molar-refractivity contribution is 0.428. The summed E-state index contributed by atoms with van der Waals surface area (Å²) in [5.74, 6) is -0.298. The Balaban J connectivity index is 1.49. The van der Waals surface area contributed by atoms with Crippen LogP contribution in [0.5, 0.6) is 5.88 Å². The van der Waals surface area contributed by atoms with Gasteiger partial charge in [0.25, 0.3) is 0 Å². The summed E-state index contributed by atoms with van der Waals surface area (Å²) in [6.07, 6.45) is 6.59. The van der Waals surface area contributed by atoms with Crippen LogP contribution >= 0.6 is 0 Å². The highest BCUT2D eigenvalue weighted by molar-refractivity contribution is 5.84. The lowest BCUT2D eigenvalue weighted by Gasteiger charge is -2.09. The first kappa shape index (κ1) is 16.4. The molecule has 0 amide bonds. The molecule has 0 atom stereocenters. The van der Waals surface area contributed by atoms with Crippen molar-refractivity contribution in [1.29, 1.82) is 0 Å². The van der Waals surface area contributed by atoms with Gasteiger partial charge in [0.05, 0.1) is 23.0 Å². The van der Waals surface area contributed by atoms with E-state index < -0.39 is 0 Å². The topological polar surface area (TPSA) is 68.8 Å². The molecule has 2 aromatic carbocycles. The van der Waals surface area contributed by atoms with Gasteiger partial charge in [-0.15, -0.1) is 0 Å². The van der Waals surface area contributed by atoms with Gasteiger partial charge in [0.15, 0.2) is 0 Å². The Hall–Kier alpha value is -3.74. The predicted molar refractivity (Wildman–Crippen MR) is 104 cm³/mol. The van der Waals surface area contributed by atoms with Crippen LogP contribution < -0.4 is 0 Å². The Labute approximate surface area is 159 Å². The Morgan fingerprint density at radius 1 is 1.04 bits per heavy atom. The van der Waals surface area contributed by atoms with Crippen molar-refractivity contribution in [3.8, 4) is 17.0 Å². The fourth-order valence-electron chi connectivity index (χ4n) is 3.47. The van der Waals surface area contributed by atoms with E-state index in [-0.39, 0.29) is 18.2 Å². The van der Waals surface area contributed by atoms with Crippen LogP contribution in [0, 0.1) is 5.82 Å². The first-order chi connectivity index (χ1) is 13.6. The molecule has 138 valence electrons. The molecule has 1 N–H and O–H groups in total. The van der Waals surface area contributed by atoms with E-state index in [1.54, 1.807) is 27.7 Å². The molecule has 3 heterocycles. The van der Waals surface area contributed by atoms with Crippen molar-refractivity contribution < 1.29 is 9.50 Å². The highest BCUT2D eigenvalue weighted by Crippen LogP contribution is 2.28. The molecule has 0 unspecified atom stereocenters. The molecule has 0 radical (unpaired) electrons. The summed E-state index contributed by atoms with van der Waals surface area (Å²) in [5.41, 5.74) is 3.72. The number of aryl methyl sites for hydroxylation is 1. The second kappa shape index (κ2) is 6.16. The van der Waals surface area contributed by atoms with Crippen molar-refractivity contribution in [2.45, 2.75) is 6.54 Å². The zero-order chi connectivity index (χ0) is 19.3. The number of halogens is 1. The number of nitrogens with zero attached hydrogens (tertiary/aromatic N) is 5. The first-order valence-corrected chi connectivity index (χ1v) is 8.78. The van der Waals surface area contributed by atoms with Gasteiger partial charge in [0.2, 0.25) is 5.88 Å². The predicted octanol–water partition coefficient (Wildman–Crippen LogP) is 3.88. The molecular weight excluding hydrogens is 357 g/mol. The van der Waals surface area contributed by atoms with Gasteiger partial charge in [-0.05, 0) is 29.3 Å². The van der Waals surface area contributed by atoms with Crippen molar-refractivity contribution in [3.63, 3.8) is 0 Å². The molecule has 6 nitrogen and oxygen atoms in total. The van der Waals surface area contributed by atoms with Crippen molar-refractivity contribution in [2.75, 3.05) is 0 Å². The minimum Gasteiger partial charge on any atom is -0.494 e. The molecule has 28 heavy (non-hydrogen) atoms. The van der Waals surface area contributed by atoms with Crippen LogP contribution in [0.25, 0.3) is 32.9 Å². The smallest absolute Gasteiger partial charge is 0.202 e. The van der Waals surface area contributed by atoms with E-state index in [0.29, 0.717) is 16.5 Å². The normalized spacial score (nSPS) is 11.5. The van der Waals surface area contributed by atoms with Crippen LogP contribution in [-0.2, 0) is 13.6 Å². The molecule has 0 spiro atoms. The van der Waals surface area contributed by atoms with Crippen molar-refractivity contribution in [1.82, 2.24) is 24.3 Å². The van der Waals surface area contributed by atoms with Gasteiger partial charge >= 0.3 is 0 Å². The summed E-state index contributed by atoms with van der Waals surface area (Å²) < 4.78 is 18.1. The van der Waals surface area contributed by atoms with Crippen molar-refractivity contribution in [2.24, 2.45) is 7.05 Å². The fraction of sp³-hybridized carbons (Fsp3) is 0.0952. The number of rotatable bonds is 3. The largest absolute Gasteiger partial charge is 0.494 e. The van der Waals surface area contributed by atoms with Gasteiger partial charge in [0.1, 0.15) is 12.1 Å². The maximum atomic E-state index is 14.8. The number of hydrogen-bond acceptors (Lipinski definition) is 4. The maximum Gasteiger partial charge on any atom is 0.202 e. The molecule has 0 saturated heterocycles. The minimum atomic E-state index is -0.327. The van der Waals surface area contributed by atoms with Crippen LogP contribution in [0.3, 0.4) is 0 Å². The Morgan fingerprint density at radius 2 is 1.86 bits per heavy atom. The number of fused-ring (bicyclic) bond motifs is 2. The molecule has 5 aromatic rings. The van der Waals surface area contributed by atoms with Gasteiger partial charge in [-0.1, -0.05) is 18.2 Å². The van der Waals surface area contributed by atoms with E-state index in [0.717, 1.165) is 22.0 Å². The Bertz CT molecular complexity index is 1340. The van der Waals surface area contributed by atoms with E-state index in [4.69, 9.17) is 0 Å². The molecule has 7 heteroatoms. The molecule has 0 saturated carbocycles. The molecular formula is C21H16FN5O. The minimum absolute atomic E-state index is 0.0288. The van der Waals surface area contributed by atoms with Gasteiger partial charge in [0, 0.05) is 36.6 Å². The Morgan fingerprint density at radius 3 is 2.68 bits per heavy atom. The zero-order valence-electron chi connectivity index (χ0n) is 15.0. The lowest BCUT2D eigenvalue weighted by atomic mass is 10.0. The average molecular weight is 373 g/mol. The third-order valence-electron chi connectivity index (χ3n) is 4.88. The second-order valence-corrected chi connectivity index (χ2v) is 6.78. The first-order valence-electron chi connectivity index (χ1n) is 8.78. The maximum absolute atomic E-state index is 14.8. The van der Waals surface area contributed by atoms with Crippen LogP contribution in [-0.4, -0.2) is 29.4 Å². The van der Waals surface area contributed by atoms with E-state index >= 15 is 0 Å². The SMILES string of the molecule is Cn1cc2cc(-c3ccc(Cn4cc5ncncc5c4O)c(F)c3)ccc2n1. The van der Waals surface area contributed by atoms with Crippen LogP contribution in [0.4, 0.5) is 4.39 Å². The second-order valence-electron chi connectivity index (χ2n) is 6.78. The fourth-order valence-corrected chi connectivity index (χ4v) is 3.47. The summed E-state index contributed by atoms with van der Waals surface area (Å²) in [4.78, 5) is 8.03. The van der Waals surface area contributed by atoms with Crippen LogP contribution in [0.1, 0.15) is 5.56 Å². The van der Waals surface area contributed by atoms with E-state index in [1.165, 1.54) is 12.4 Å². The summed E-state index contributed by atoms with van der Waals surface area (Å²) in [7, 11) is 1.87. The van der Waals surface area contributed by atoms with Gasteiger partial charge in [-0.25, -0.2) is 14.4 Å². The number of hydrogen-bond donors (Lipinski definition) is 1. The molecule has 0 fully saturated rings. The average Bonchev–Trinajstić information content (AvgIpc) is 3.22. The third kappa shape index (κ3) is 2.68. The highest BCUT2D eigenvalue weighted by atomic mass is 19.1. The standard InChI is InChI=1S/C21H16FN5O/c1-26-9-16-6-13(4-5-19(16)25-26)14-2-3-15(18(22)7-14)10-27-11-20-17(21(27)28)8-23-12-24-20/h2-9,11-12,28H,10H2,1H3. The summed E-state index contributed by atoms with van der Waals surface area (Å²) in [6, 6.07) is 11.0. The summed E-state index contributed by atoms with van der Waals surface area (Å²) in [6.45, 7) is 0.204. The third-order valence-corrected chi connectivity index (χ3v) is 4.88. The van der Waals surface area contributed by atoms with Crippen LogP contribution in [0.2, 0.25) is 0 Å².